The molecule has 0 bridgehead atoms. The third-order valence-electron chi connectivity index (χ3n) is 4.27. The maximum atomic E-state index is 12.1. The number of rotatable bonds is 7. The summed E-state index contributed by atoms with van der Waals surface area (Å²) in [5.74, 6) is 1.84. The summed E-state index contributed by atoms with van der Waals surface area (Å²) in [7, 11) is 1.68. The van der Waals surface area contributed by atoms with Gasteiger partial charge in [0.1, 0.15) is 5.75 Å². The molecular formula is C18H28N2O2. The van der Waals surface area contributed by atoms with Crippen LogP contribution in [0.5, 0.6) is 5.75 Å². The van der Waals surface area contributed by atoms with Crippen molar-refractivity contribution in [2.45, 2.75) is 32.6 Å². The van der Waals surface area contributed by atoms with Gasteiger partial charge in [-0.3, -0.25) is 4.79 Å². The Morgan fingerprint density at radius 1 is 1.32 bits per heavy atom. The minimum Gasteiger partial charge on any atom is -0.497 e. The molecule has 1 aliphatic rings. The molecule has 0 aromatic heterocycles. The van der Waals surface area contributed by atoms with Crippen molar-refractivity contribution in [1.29, 1.82) is 0 Å². The number of hydrogen-bond donors (Lipinski definition) is 1. The number of nitrogens with zero attached hydrogens (tertiary/aromatic N) is 1. The summed E-state index contributed by atoms with van der Waals surface area (Å²) in [6.07, 6.45) is 3.98. The molecule has 22 heavy (non-hydrogen) atoms. The van der Waals surface area contributed by atoms with Crippen molar-refractivity contribution in [3.8, 4) is 5.75 Å². The van der Waals surface area contributed by atoms with Gasteiger partial charge in [-0.25, -0.2) is 0 Å². The molecule has 4 heteroatoms. The predicted octanol–water partition coefficient (Wildman–Crippen LogP) is 2.48. The molecule has 1 fully saturated rings. The van der Waals surface area contributed by atoms with Gasteiger partial charge in [0.2, 0.25) is 5.91 Å². The maximum absolute atomic E-state index is 12.1. The molecule has 1 N–H and O–H groups in total. The summed E-state index contributed by atoms with van der Waals surface area (Å²) in [5.41, 5.74) is 1.28. The molecule has 0 saturated carbocycles. The normalized spacial score (nSPS) is 18.3. The molecule has 1 aliphatic heterocycles. The van der Waals surface area contributed by atoms with Crippen molar-refractivity contribution >= 4 is 5.91 Å². The molecular weight excluding hydrogens is 276 g/mol. The highest BCUT2D eigenvalue weighted by molar-refractivity contribution is 5.76. The Bertz CT molecular complexity index is 459. The van der Waals surface area contributed by atoms with Crippen LogP contribution >= 0.6 is 0 Å². The Morgan fingerprint density at radius 2 is 2.09 bits per heavy atom. The second kappa shape index (κ2) is 8.79. The van der Waals surface area contributed by atoms with Crippen LogP contribution in [0.2, 0.25) is 0 Å². The van der Waals surface area contributed by atoms with Crippen LogP contribution in [-0.4, -0.2) is 44.1 Å². The molecule has 0 spiro atoms. The third kappa shape index (κ3) is 5.34. The minimum absolute atomic E-state index is 0.295. The highest BCUT2D eigenvalue weighted by atomic mass is 16.5. The fraction of sp³-hybridized carbons (Fsp3) is 0.611. The summed E-state index contributed by atoms with van der Waals surface area (Å²) in [6, 6.07) is 8.13. The first kappa shape index (κ1) is 16.8. The number of carbonyl (C=O) groups is 1. The van der Waals surface area contributed by atoms with Crippen molar-refractivity contribution in [2.24, 2.45) is 5.92 Å². The van der Waals surface area contributed by atoms with Crippen molar-refractivity contribution in [3.05, 3.63) is 29.8 Å². The van der Waals surface area contributed by atoms with E-state index in [1.807, 2.05) is 17.0 Å². The Labute approximate surface area is 133 Å². The van der Waals surface area contributed by atoms with Gasteiger partial charge in [0, 0.05) is 26.1 Å². The van der Waals surface area contributed by atoms with Gasteiger partial charge in [-0.1, -0.05) is 19.1 Å². The van der Waals surface area contributed by atoms with Gasteiger partial charge in [0.15, 0.2) is 0 Å². The van der Waals surface area contributed by atoms with E-state index in [0.717, 1.165) is 44.8 Å². The minimum atomic E-state index is 0.295. The van der Waals surface area contributed by atoms with Crippen LogP contribution in [0.25, 0.3) is 0 Å². The third-order valence-corrected chi connectivity index (χ3v) is 4.27. The molecule has 0 unspecified atom stereocenters. The van der Waals surface area contributed by atoms with Gasteiger partial charge in [-0.15, -0.1) is 0 Å². The van der Waals surface area contributed by atoms with E-state index in [2.05, 4.69) is 24.4 Å². The fourth-order valence-corrected chi connectivity index (χ4v) is 2.92. The van der Waals surface area contributed by atoms with Crippen molar-refractivity contribution in [1.82, 2.24) is 10.2 Å². The smallest absolute Gasteiger partial charge is 0.223 e. The first-order valence-corrected chi connectivity index (χ1v) is 8.30. The Kier molecular flexibility index (Phi) is 6.72. The molecule has 1 amide bonds. The van der Waals surface area contributed by atoms with Crippen LogP contribution in [0.3, 0.4) is 0 Å². The Hall–Kier alpha value is -1.55. The van der Waals surface area contributed by atoms with E-state index < -0.39 is 0 Å². The molecule has 122 valence electrons. The zero-order valence-corrected chi connectivity index (χ0v) is 13.8. The largest absolute Gasteiger partial charge is 0.497 e. The topological polar surface area (TPSA) is 41.6 Å². The lowest BCUT2D eigenvalue weighted by Gasteiger charge is -2.31. The fourth-order valence-electron chi connectivity index (χ4n) is 2.92. The summed E-state index contributed by atoms with van der Waals surface area (Å²) in [6.45, 7) is 5.77. The van der Waals surface area contributed by atoms with Crippen LogP contribution in [0.15, 0.2) is 24.3 Å². The molecule has 4 nitrogen and oxygen atoms in total. The zero-order chi connectivity index (χ0) is 15.8. The number of methoxy groups -OCH3 is 1. The van der Waals surface area contributed by atoms with Gasteiger partial charge in [-0.05, 0) is 49.4 Å². The van der Waals surface area contributed by atoms with Crippen molar-refractivity contribution < 1.29 is 9.53 Å². The maximum Gasteiger partial charge on any atom is 0.223 e. The van der Waals surface area contributed by atoms with E-state index in [4.69, 9.17) is 4.74 Å². The predicted molar refractivity (Wildman–Crippen MR) is 89.2 cm³/mol. The quantitative estimate of drug-likeness (QED) is 0.787. The first-order valence-electron chi connectivity index (χ1n) is 8.30. The van der Waals surface area contributed by atoms with Gasteiger partial charge in [0.25, 0.3) is 0 Å². The summed E-state index contributed by atoms with van der Waals surface area (Å²) < 4.78 is 5.15. The van der Waals surface area contributed by atoms with Crippen LogP contribution < -0.4 is 10.1 Å². The highest BCUT2D eigenvalue weighted by Crippen LogP contribution is 2.16. The van der Waals surface area contributed by atoms with E-state index in [-0.39, 0.29) is 0 Å². The molecule has 1 aromatic carbocycles. The van der Waals surface area contributed by atoms with Gasteiger partial charge < -0.3 is 15.0 Å². The zero-order valence-electron chi connectivity index (χ0n) is 13.8. The highest BCUT2D eigenvalue weighted by Gasteiger charge is 2.20. The lowest BCUT2D eigenvalue weighted by molar-refractivity contribution is -0.132. The number of likely N-dealkylation sites (tertiary alicyclic amines) is 1. The average Bonchev–Trinajstić information content (AvgIpc) is 2.55. The number of amides is 1. The van der Waals surface area contributed by atoms with Crippen LogP contribution in [0.4, 0.5) is 0 Å². The summed E-state index contributed by atoms with van der Waals surface area (Å²) in [4.78, 5) is 14.1. The van der Waals surface area contributed by atoms with E-state index in [9.17, 15) is 4.79 Å². The lowest BCUT2D eigenvalue weighted by Crippen LogP contribution is -2.40. The lowest BCUT2D eigenvalue weighted by atomic mass is 10.00. The number of carbonyl (C=O) groups excluding carboxylic acids is 1. The number of nitrogens with one attached hydrogen (secondary N) is 1. The summed E-state index contributed by atoms with van der Waals surface area (Å²) >= 11 is 0. The van der Waals surface area contributed by atoms with Gasteiger partial charge in [-0.2, -0.15) is 0 Å². The summed E-state index contributed by atoms with van der Waals surface area (Å²) in [5, 5.41) is 3.36. The van der Waals surface area contributed by atoms with E-state index in [1.54, 1.807) is 7.11 Å². The molecule has 1 atom stereocenters. The molecule has 1 heterocycles. The van der Waals surface area contributed by atoms with Crippen molar-refractivity contribution in [2.75, 3.05) is 33.3 Å². The SMILES string of the molecule is COc1ccc(CCNCCC(=O)N2CCC[C@@H](C)C2)cc1. The van der Waals surface area contributed by atoms with Crippen molar-refractivity contribution in [3.63, 3.8) is 0 Å². The van der Waals surface area contributed by atoms with Crippen LogP contribution in [0, 0.1) is 5.92 Å². The van der Waals surface area contributed by atoms with Gasteiger partial charge in [0.05, 0.1) is 7.11 Å². The average molecular weight is 304 g/mol. The molecule has 0 radical (unpaired) electrons. The number of hydrogen-bond acceptors (Lipinski definition) is 3. The number of ether oxygens (including phenoxy) is 1. The monoisotopic (exact) mass is 304 g/mol. The second-order valence-corrected chi connectivity index (χ2v) is 6.19. The van der Waals surface area contributed by atoms with E-state index in [1.165, 1.54) is 12.0 Å². The first-order chi connectivity index (χ1) is 10.7. The van der Waals surface area contributed by atoms with E-state index in [0.29, 0.717) is 18.2 Å². The number of benzene rings is 1. The standard InChI is InChI=1S/C18H28N2O2/c1-15-4-3-13-20(14-15)18(21)10-12-19-11-9-16-5-7-17(22-2)8-6-16/h5-8,15,19H,3-4,9-14H2,1-2H3/t15-/m1/s1. The number of piperidine rings is 1. The molecule has 0 aliphatic carbocycles. The Morgan fingerprint density at radius 3 is 2.77 bits per heavy atom. The van der Waals surface area contributed by atoms with Crippen LogP contribution in [0.1, 0.15) is 31.7 Å². The molecule has 1 aromatic rings. The van der Waals surface area contributed by atoms with Crippen LogP contribution in [-0.2, 0) is 11.2 Å². The van der Waals surface area contributed by atoms with Gasteiger partial charge >= 0.3 is 0 Å². The molecule has 2 rings (SSSR count). The Balaban J connectivity index is 1.59. The van der Waals surface area contributed by atoms with E-state index >= 15 is 0 Å². The molecule has 1 saturated heterocycles. The second-order valence-electron chi connectivity index (χ2n) is 6.19.